The highest BCUT2D eigenvalue weighted by Gasteiger charge is 2.15. The van der Waals surface area contributed by atoms with E-state index in [1.54, 1.807) is 0 Å². The van der Waals surface area contributed by atoms with Crippen LogP contribution < -0.4 is 5.73 Å². The summed E-state index contributed by atoms with van der Waals surface area (Å²) >= 11 is 0. The van der Waals surface area contributed by atoms with Gasteiger partial charge in [0.05, 0.1) is 0 Å². The molecule has 19 heavy (non-hydrogen) atoms. The zero-order chi connectivity index (χ0) is 14.3. The summed E-state index contributed by atoms with van der Waals surface area (Å²) in [7, 11) is 0. The Morgan fingerprint density at radius 3 is 2.11 bits per heavy atom. The minimum Gasteiger partial charge on any atom is -0.399 e. The van der Waals surface area contributed by atoms with Crippen molar-refractivity contribution in [1.29, 1.82) is 0 Å². The van der Waals surface area contributed by atoms with E-state index in [0.717, 1.165) is 30.6 Å². The van der Waals surface area contributed by atoms with E-state index in [1.165, 1.54) is 24.9 Å². The molecule has 0 aromatic heterocycles. The summed E-state index contributed by atoms with van der Waals surface area (Å²) < 4.78 is 0. The molecule has 0 radical (unpaired) electrons. The topological polar surface area (TPSA) is 29.3 Å². The van der Waals surface area contributed by atoms with Gasteiger partial charge in [-0.05, 0) is 42.9 Å². The molecule has 0 atom stereocenters. The van der Waals surface area contributed by atoms with Crippen LogP contribution in [0.4, 0.5) is 5.69 Å². The van der Waals surface area contributed by atoms with Crippen molar-refractivity contribution in [2.45, 2.75) is 53.0 Å². The summed E-state index contributed by atoms with van der Waals surface area (Å²) in [5.74, 6) is 0.729. The lowest BCUT2D eigenvalue weighted by molar-refractivity contribution is 0.168. The Bertz CT molecular complexity index is 339. The maximum Gasteiger partial charge on any atom is 0.0314 e. The molecule has 0 amide bonds. The number of rotatable bonds is 8. The van der Waals surface area contributed by atoms with Crippen molar-refractivity contribution >= 4 is 5.69 Å². The second-order valence-corrected chi connectivity index (χ2v) is 5.85. The Balaban J connectivity index is 2.58. The van der Waals surface area contributed by atoms with E-state index in [-0.39, 0.29) is 0 Å². The van der Waals surface area contributed by atoms with Gasteiger partial charge >= 0.3 is 0 Å². The van der Waals surface area contributed by atoms with Gasteiger partial charge < -0.3 is 5.73 Å². The smallest absolute Gasteiger partial charge is 0.0314 e. The summed E-state index contributed by atoms with van der Waals surface area (Å²) in [6.45, 7) is 11.5. The molecule has 0 unspecified atom stereocenters. The maximum absolute atomic E-state index is 5.73. The van der Waals surface area contributed by atoms with Crippen LogP contribution in [0.1, 0.15) is 46.1 Å². The second-order valence-electron chi connectivity index (χ2n) is 5.85. The molecule has 2 N–H and O–H groups in total. The predicted molar refractivity (Wildman–Crippen MR) is 85.3 cm³/mol. The van der Waals surface area contributed by atoms with Crippen LogP contribution in [0.3, 0.4) is 0 Å². The van der Waals surface area contributed by atoms with Crippen molar-refractivity contribution in [1.82, 2.24) is 4.90 Å². The Morgan fingerprint density at radius 2 is 1.63 bits per heavy atom. The SMILES string of the molecule is CCC(CC)N(CCc1ccc(N)cc1)CC(C)C. The van der Waals surface area contributed by atoms with Gasteiger partial charge in [-0.25, -0.2) is 0 Å². The van der Waals surface area contributed by atoms with E-state index in [4.69, 9.17) is 5.73 Å². The molecule has 0 aliphatic carbocycles. The van der Waals surface area contributed by atoms with E-state index in [2.05, 4.69) is 44.7 Å². The molecule has 108 valence electrons. The van der Waals surface area contributed by atoms with Crippen molar-refractivity contribution in [3.63, 3.8) is 0 Å². The first-order chi connectivity index (χ1) is 9.06. The van der Waals surface area contributed by atoms with Gasteiger partial charge in [-0.1, -0.05) is 39.8 Å². The van der Waals surface area contributed by atoms with Crippen molar-refractivity contribution < 1.29 is 0 Å². The Morgan fingerprint density at radius 1 is 1.05 bits per heavy atom. The number of hydrogen-bond acceptors (Lipinski definition) is 2. The van der Waals surface area contributed by atoms with Crippen LogP contribution >= 0.6 is 0 Å². The van der Waals surface area contributed by atoms with Crippen LogP contribution in [-0.2, 0) is 6.42 Å². The van der Waals surface area contributed by atoms with Crippen LogP contribution in [0.2, 0.25) is 0 Å². The minimum absolute atomic E-state index is 0.719. The van der Waals surface area contributed by atoms with Gasteiger partial charge in [0.2, 0.25) is 0 Å². The van der Waals surface area contributed by atoms with Crippen LogP contribution in [0.25, 0.3) is 0 Å². The van der Waals surface area contributed by atoms with Crippen molar-refractivity contribution in [3.8, 4) is 0 Å². The van der Waals surface area contributed by atoms with E-state index in [9.17, 15) is 0 Å². The normalized spacial score (nSPS) is 11.7. The summed E-state index contributed by atoms with van der Waals surface area (Å²) in [4.78, 5) is 2.65. The molecule has 0 saturated carbocycles. The van der Waals surface area contributed by atoms with Crippen LogP contribution in [0, 0.1) is 5.92 Å². The summed E-state index contributed by atoms with van der Waals surface area (Å²) in [5, 5.41) is 0. The van der Waals surface area contributed by atoms with Gasteiger partial charge in [-0.15, -0.1) is 0 Å². The highest BCUT2D eigenvalue weighted by Crippen LogP contribution is 2.13. The van der Waals surface area contributed by atoms with Crippen LogP contribution in [0.15, 0.2) is 24.3 Å². The zero-order valence-electron chi connectivity index (χ0n) is 13.0. The molecule has 0 spiro atoms. The lowest BCUT2D eigenvalue weighted by Crippen LogP contribution is -2.38. The molecule has 0 aliphatic rings. The quantitative estimate of drug-likeness (QED) is 0.719. The van der Waals surface area contributed by atoms with Gasteiger partial charge in [0.1, 0.15) is 0 Å². The Labute approximate surface area is 119 Å². The molecular formula is C17H30N2. The molecule has 0 heterocycles. The number of benzene rings is 1. The second kappa shape index (κ2) is 8.21. The minimum atomic E-state index is 0.719. The lowest BCUT2D eigenvalue weighted by atomic mass is 10.1. The third-order valence-corrected chi connectivity index (χ3v) is 3.73. The molecule has 1 aromatic rings. The van der Waals surface area contributed by atoms with Gasteiger partial charge in [0.25, 0.3) is 0 Å². The van der Waals surface area contributed by atoms with Gasteiger partial charge in [0, 0.05) is 24.8 Å². The van der Waals surface area contributed by atoms with E-state index >= 15 is 0 Å². The molecule has 2 heteroatoms. The molecule has 0 fully saturated rings. The molecule has 1 aromatic carbocycles. The molecule has 0 bridgehead atoms. The largest absolute Gasteiger partial charge is 0.399 e. The fourth-order valence-electron chi connectivity index (χ4n) is 2.65. The number of nitrogens with zero attached hydrogens (tertiary/aromatic N) is 1. The zero-order valence-corrected chi connectivity index (χ0v) is 13.0. The van der Waals surface area contributed by atoms with E-state index in [0.29, 0.717) is 0 Å². The Kier molecular flexibility index (Phi) is 6.93. The monoisotopic (exact) mass is 262 g/mol. The van der Waals surface area contributed by atoms with Crippen molar-refractivity contribution in [2.24, 2.45) is 5.92 Å². The fraction of sp³-hybridized carbons (Fsp3) is 0.647. The van der Waals surface area contributed by atoms with E-state index < -0.39 is 0 Å². The third-order valence-electron chi connectivity index (χ3n) is 3.73. The van der Waals surface area contributed by atoms with Crippen LogP contribution in [0.5, 0.6) is 0 Å². The van der Waals surface area contributed by atoms with Crippen molar-refractivity contribution in [2.75, 3.05) is 18.8 Å². The maximum atomic E-state index is 5.73. The molecular weight excluding hydrogens is 232 g/mol. The lowest BCUT2D eigenvalue weighted by Gasteiger charge is -2.32. The molecule has 0 aliphatic heterocycles. The number of nitrogen functional groups attached to an aromatic ring is 1. The Hall–Kier alpha value is -1.02. The first-order valence-corrected chi connectivity index (χ1v) is 7.65. The molecule has 0 saturated heterocycles. The standard InChI is InChI=1S/C17H30N2/c1-5-17(6-2)19(13-14(3)4)12-11-15-7-9-16(18)10-8-15/h7-10,14,17H,5-6,11-13,18H2,1-4H3. The summed E-state index contributed by atoms with van der Waals surface area (Å²) in [6.07, 6.45) is 3.60. The number of anilines is 1. The first-order valence-electron chi connectivity index (χ1n) is 7.65. The molecule has 1 rings (SSSR count). The average molecular weight is 262 g/mol. The fourth-order valence-corrected chi connectivity index (χ4v) is 2.65. The highest BCUT2D eigenvalue weighted by atomic mass is 15.1. The highest BCUT2D eigenvalue weighted by molar-refractivity contribution is 5.39. The van der Waals surface area contributed by atoms with Crippen LogP contribution in [-0.4, -0.2) is 24.0 Å². The predicted octanol–water partition coefficient (Wildman–Crippen LogP) is 3.96. The molecule has 2 nitrogen and oxygen atoms in total. The third kappa shape index (κ3) is 5.65. The first kappa shape index (κ1) is 16.0. The van der Waals surface area contributed by atoms with Crippen molar-refractivity contribution in [3.05, 3.63) is 29.8 Å². The summed E-state index contributed by atoms with van der Waals surface area (Å²) in [6, 6.07) is 9.01. The number of hydrogen-bond donors (Lipinski definition) is 1. The van der Waals surface area contributed by atoms with Gasteiger partial charge in [0.15, 0.2) is 0 Å². The van der Waals surface area contributed by atoms with Gasteiger partial charge in [-0.3, -0.25) is 4.90 Å². The summed E-state index contributed by atoms with van der Waals surface area (Å²) in [5.41, 5.74) is 7.96. The van der Waals surface area contributed by atoms with Gasteiger partial charge in [-0.2, -0.15) is 0 Å². The number of nitrogens with two attached hydrogens (primary N) is 1. The average Bonchev–Trinajstić information content (AvgIpc) is 2.38. The van der Waals surface area contributed by atoms with E-state index in [1.807, 2.05) is 12.1 Å².